The zero-order valence-electron chi connectivity index (χ0n) is 14.3. The zero-order valence-corrected chi connectivity index (χ0v) is 15.2. The molecular weight excluding hydrogens is 330 g/mol. The normalized spacial score (nSPS) is 11.3. The average Bonchev–Trinajstić information content (AvgIpc) is 2.58. The van der Waals surface area contributed by atoms with Crippen LogP contribution in [-0.2, 0) is 16.1 Å². The predicted molar refractivity (Wildman–Crippen MR) is 97.2 cm³/mol. The molecule has 0 fully saturated rings. The summed E-state index contributed by atoms with van der Waals surface area (Å²) >= 11 is 0. The molecule has 1 unspecified atom stereocenters. The third kappa shape index (κ3) is 8.29. The molecule has 2 amide bonds. The molecule has 0 aromatic heterocycles. The second kappa shape index (κ2) is 12.8. The van der Waals surface area contributed by atoms with Gasteiger partial charge in [0.1, 0.15) is 0 Å². The first kappa shape index (κ1) is 22.4. The summed E-state index contributed by atoms with van der Waals surface area (Å²) in [5.74, 6) is -0.177. The molecule has 6 nitrogen and oxygen atoms in total. The summed E-state index contributed by atoms with van der Waals surface area (Å²) in [6, 6.07) is 7.21. The second-order valence-corrected chi connectivity index (χ2v) is 5.38. The molecule has 136 valence electrons. The van der Waals surface area contributed by atoms with Crippen LogP contribution in [-0.4, -0.2) is 38.1 Å². The summed E-state index contributed by atoms with van der Waals surface area (Å²) < 4.78 is 5.07. The highest BCUT2D eigenvalue weighted by atomic mass is 35.5. The van der Waals surface area contributed by atoms with E-state index in [0.717, 1.165) is 18.4 Å². The molecule has 7 heteroatoms. The average molecular weight is 358 g/mol. The molecule has 4 N–H and O–H groups in total. The fraction of sp³-hybridized carbons (Fsp3) is 0.529. The van der Waals surface area contributed by atoms with Crippen molar-refractivity contribution in [3.63, 3.8) is 0 Å². The molecule has 0 radical (unpaired) electrons. The van der Waals surface area contributed by atoms with Crippen LogP contribution in [0, 0.1) is 0 Å². The number of halogens is 1. The number of nitrogens with one attached hydrogen (secondary N) is 2. The Labute approximate surface area is 149 Å². The molecule has 0 saturated carbocycles. The Kier molecular flexibility index (Phi) is 11.9. The van der Waals surface area contributed by atoms with E-state index in [1.807, 2.05) is 12.1 Å². The third-order valence-corrected chi connectivity index (χ3v) is 3.53. The summed E-state index contributed by atoms with van der Waals surface area (Å²) in [6.45, 7) is 3.50. The maximum absolute atomic E-state index is 11.9. The smallest absolute Gasteiger partial charge is 0.251 e. The molecule has 0 aliphatic heterocycles. The van der Waals surface area contributed by atoms with E-state index in [2.05, 4.69) is 17.6 Å². The van der Waals surface area contributed by atoms with Gasteiger partial charge in [-0.15, -0.1) is 12.4 Å². The predicted octanol–water partition coefficient (Wildman–Crippen LogP) is 1.62. The van der Waals surface area contributed by atoms with Gasteiger partial charge in [0.2, 0.25) is 5.91 Å². The van der Waals surface area contributed by atoms with E-state index in [9.17, 15) is 9.59 Å². The fourth-order valence-electron chi connectivity index (χ4n) is 2.00. The van der Waals surface area contributed by atoms with Gasteiger partial charge in [-0.3, -0.25) is 9.59 Å². The minimum absolute atomic E-state index is 0. The molecule has 0 saturated heterocycles. The lowest BCUT2D eigenvalue weighted by Crippen LogP contribution is -2.31. The number of nitrogens with two attached hydrogens (primary N) is 1. The van der Waals surface area contributed by atoms with Gasteiger partial charge in [-0.25, -0.2) is 0 Å². The Morgan fingerprint density at radius 1 is 1.21 bits per heavy atom. The lowest BCUT2D eigenvalue weighted by molar-refractivity contribution is -0.123. The molecule has 0 bridgehead atoms. The van der Waals surface area contributed by atoms with E-state index in [1.54, 1.807) is 12.1 Å². The van der Waals surface area contributed by atoms with E-state index >= 15 is 0 Å². The molecule has 0 heterocycles. The van der Waals surface area contributed by atoms with Gasteiger partial charge in [0.15, 0.2) is 0 Å². The van der Waals surface area contributed by atoms with Gasteiger partial charge >= 0.3 is 0 Å². The van der Waals surface area contributed by atoms with E-state index in [-0.39, 0.29) is 36.7 Å². The van der Waals surface area contributed by atoms with Gasteiger partial charge in [-0.2, -0.15) is 0 Å². The van der Waals surface area contributed by atoms with Crippen LogP contribution in [0.2, 0.25) is 0 Å². The molecule has 1 rings (SSSR count). The molecule has 0 spiro atoms. The van der Waals surface area contributed by atoms with Crippen LogP contribution in [0.4, 0.5) is 0 Å². The highest BCUT2D eigenvalue weighted by molar-refractivity contribution is 5.94. The molecule has 1 aromatic carbocycles. The number of benzene rings is 1. The van der Waals surface area contributed by atoms with E-state index in [1.165, 1.54) is 7.11 Å². The van der Waals surface area contributed by atoms with Crippen LogP contribution in [0.25, 0.3) is 0 Å². The van der Waals surface area contributed by atoms with Gasteiger partial charge in [0, 0.05) is 32.3 Å². The molecule has 0 aliphatic carbocycles. The van der Waals surface area contributed by atoms with Gasteiger partial charge in [-0.05, 0) is 24.1 Å². The Morgan fingerprint density at radius 2 is 1.88 bits per heavy atom. The fourth-order valence-corrected chi connectivity index (χ4v) is 2.00. The van der Waals surface area contributed by atoms with Crippen molar-refractivity contribution in [2.24, 2.45) is 5.73 Å². The quantitative estimate of drug-likeness (QED) is 0.555. The van der Waals surface area contributed by atoms with E-state index in [4.69, 9.17) is 10.5 Å². The Hall–Kier alpha value is -1.63. The number of rotatable bonds is 10. The highest BCUT2D eigenvalue weighted by Crippen LogP contribution is 2.05. The van der Waals surface area contributed by atoms with Crippen molar-refractivity contribution in [1.29, 1.82) is 0 Å². The number of hydrogen-bond acceptors (Lipinski definition) is 4. The first-order chi connectivity index (χ1) is 11.1. The molecule has 0 aliphatic rings. The molecule has 1 aromatic rings. The molecular formula is C17H28ClN3O3. The number of hydrogen-bond donors (Lipinski definition) is 3. The van der Waals surface area contributed by atoms with Gasteiger partial charge in [0.05, 0.1) is 12.5 Å². The SMILES string of the molecule is CCCCNC(=O)c1ccc(CNC(=O)CC(CN)OC)cc1.Cl. The van der Waals surface area contributed by atoms with E-state index in [0.29, 0.717) is 25.2 Å². The standard InChI is InChI=1S/C17H27N3O3.ClH/c1-3-4-9-19-17(22)14-7-5-13(6-8-14)12-20-16(21)10-15(11-18)23-2;/h5-8,15H,3-4,9-12,18H2,1-2H3,(H,19,22)(H,20,21);1H. The van der Waals surface area contributed by atoms with Crippen molar-refractivity contribution in [1.82, 2.24) is 10.6 Å². The van der Waals surface area contributed by atoms with Gasteiger partial charge in [0.25, 0.3) is 5.91 Å². The van der Waals surface area contributed by atoms with Crippen LogP contribution in [0.1, 0.15) is 42.1 Å². The maximum Gasteiger partial charge on any atom is 0.251 e. The first-order valence-corrected chi connectivity index (χ1v) is 7.97. The maximum atomic E-state index is 11.9. The second-order valence-electron chi connectivity index (χ2n) is 5.38. The minimum atomic E-state index is -0.260. The number of methoxy groups -OCH3 is 1. The molecule has 1 atom stereocenters. The lowest BCUT2D eigenvalue weighted by Gasteiger charge is -2.12. The number of unbranched alkanes of at least 4 members (excludes halogenated alkanes) is 1. The van der Waals surface area contributed by atoms with E-state index < -0.39 is 0 Å². The molecule has 24 heavy (non-hydrogen) atoms. The van der Waals surface area contributed by atoms with Crippen LogP contribution in [0.3, 0.4) is 0 Å². The Morgan fingerprint density at radius 3 is 2.42 bits per heavy atom. The number of carbonyl (C=O) groups is 2. The summed E-state index contributed by atoms with van der Waals surface area (Å²) in [7, 11) is 1.54. The van der Waals surface area contributed by atoms with Crippen LogP contribution < -0.4 is 16.4 Å². The van der Waals surface area contributed by atoms with Crippen molar-refractivity contribution in [2.75, 3.05) is 20.2 Å². The lowest BCUT2D eigenvalue weighted by atomic mass is 10.1. The topological polar surface area (TPSA) is 93.5 Å². The Bertz CT molecular complexity index is 490. The summed E-state index contributed by atoms with van der Waals surface area (Å²) in [6.07, 6.45) is 2.00. The van der Waals surface area contributed by atoms with Crippen molar-refractivity contribution >= 4 is 24.2 Å². The summed E-state index contributed by atoms with van der Waals surface area (Å²) in [5, 5.41) is 5.68. The van der Waals surface area contributed by atoms with Crippen LogP contribution >= 0.6 is 12.4 Å². The van der Waals surface area contributed by atoms with Gasteiger partial charge < -0.3 is 21.1 Å². The van der Waals surface area contributed by atoms with Crippen molar-refractivity contribution in [2.45, 2.75) is 38.8 Å². The van der Waals surface area contributed by atoms with Crippen LogP contribution in [0.5, 0.6) is 0 Å². The Balaban J connectivity index is 0.00000529. The first-order valence-electron chi connectivity index (χ1n) is 7.97. The monoisotopic (exact) mass is 357 g/mol. The number of carbonyl (C=O) groups excluding carboxylic acids is 2. The minimum Gasteiger partial charge on any atom is -0.380 e. The van der Waals surface area contributed by atoms with Crippen LogP contribution in [0.15, 0.2) is 24.3 Å². The largest absolute Gasteiger partial charge is 0.380 e. The summed E-state index contributed by atoms with van der Waals surface area (Å²) in [4.78, 5) is 23.6. The zero-order chi connectivity index (χ0) is 17.1. The van der Waals surface area contributed by atoms with Gasteiger partial charge in [-0.1, -0.05) is 25.5 Å². The van der Waals surface area contributed by atoms with Crippen molar-refractivity contribution < 1.29 is 14.3 Å². The van der Waals surface area contributed by atoms with Crippen molar-refractivity contribution in [3.05, 3.63) is 35.4 Å². The summed E-state index contributed by atoms with van der Waals surface area (Å²) in [5.41, 5.74) is 7.04. The van der Waals surface area contributed by atoms with Crippen molar-refractivity contribution in [3.8, 4) is 0 Å². The highest BCUT2D eigenvalue weighted by Gasteiger charge is 2.11. The third-order valence-electron chi connectivity index (χ3n) is 3.53. The number of ether oxygens (including phenoxy) is 1. The number of amides is 2.